The van der Waals surface area contributed by atoms with E-state index in [1.165, 1.54) is 58.2 Å². The molecule has 0 radical (unpaired) electrons. The van der Waals surface area contributed by atoms with Gasteiger partial charge >= 0.3 is 0 Å². The van der Waals surface area contributed by atoms with Crippen LogP contribution in [0.15, 0.2) is 0 Å². The van der Waals surface area contributed by atoms with Crippen LogP contribution < -0.4 is 0 Å². The predicted molar refractivity (Wildman–Crippen MR) is 79.8 cm³/mol. The summed E-state index contributed by atoms with van der Waals surface area (Å²) in [4.78, 5) is 2.64. The molecule has 2 fully saturated rings. The van der Waals surface area contributed by atoms with E-state index in [1.807, 2.05) is 0 Å². The molecular weight excluding hydrogens is 232 g/mol. The summed E-state index contributed by atoms with van der Waals surface area (Å²) in [6, 6.07) is 2.56. The van der Waals surface area contributed by atoms with Crippen LogP contribution in [0.3, 0.4) is 0 Å². The first-order chi connectivity index (χ1) is 9.11. The Kier molecular flexibility index (Phi) is 4.90. The van der Waals surface area contributed by atoms with E-state index >= 15 is 0 Å². The summed E-state index contributed by atoms with van der Waals surface area (Å²) in [6.07, 6.45) is 11.3. The molecule has 2 rings (SSSR count). The summed E-state index contributed by atoms with van der Waals surface area (Å²) in [6.45, 7) is 8.59. The highest BCUT2D eigenvalue weighted by Gasteiger charge is 2.36. The molecule has 0 aromatic heterocycles. The fraction of sp³-hybridized carbons (Fsp3) is 0.941. The molecule has 2 heteroatoms. The monoisotopic (exact) mass is 262 g/mol. The largest absolute Gasteiger partial charge is 0.303 e. The Balaban J connectivity index is 1.59. The van der Waals surface area contributed by atoms with Gasteiger partial charge in [0, 0.05) is 0 Å². The summed E-state index contributed by atoms with van der Waals surface area (Å²) >= 11 is 0. The molecule has 0 amide bonds. The molecule has 0 aromatic rings. The Morgan fingerprint density at radius 1 is 1.11 bits per heavy atom. The first-order valence-corrected chi connectivity index (χ1v) is 8.25. The number of rotatable bonds is 6. The first kappa shape index (κ1) is 14.9. The molecule has 2 aliphatic rings. The minimum Gasteiger partial charge on any atom is -0.303 e. The fourth-order valence-electron chi connectivity index (χ4n) is 3.49. The Morgan fingerprint density at radius 2 is 1.79 bits per heavy atom. The number of nitriles is 1. The van der Waals surface area contributed by atoms with E-state index in [9.17, 15) is 5.26 Å². The highest BCUT2D eigenvalue weighted by atomic mass is 15.1. The SMILES string of the molecule is CCC1(C)CCN(CCCCC2(C#N)CCC2)CC1. The van der Waals surface area contributed by atoms with Crippen LogP contribution in [0.5, 0.6) is 0 Å². The van der Waals surface area contributed by atoms with Crippen molar-refractivity contribution < 1.29 is 0 Å². The van der Waals surface area contributed by atoms with Crippen LogP contribution in [-0.4, -0.2) is 24.5 Å². The maximum absolute atomic E-state index is 9.21. The van der Waals surface area contributed by atoms with Crippen molar-refractivity contribution in [3.05, 3.63) is 0 Å². The molecule has 1 heterocycles. The van der Waals surface area contributed by atoms with Crippen molar-refractivity contribution in [3.63, 3.8) is 0 Å². The quantitative estimate of drug-likeness (QED) is 0.665. The van der Waals surface area contributed by atoms with Crippen LogP contribution in [0.1, 0.15) is 71.6 Å². The molecule has 19 heavy (non-hydrogen) atoms. The average molecular weight is 262 g/mol. The van der Waals surface area contributed by atoms with Gasteiger partial charge < -0.3 is 4.90 Å². The second kappa shape index (κ2) is 6.27. The van der Waals surface area contributed by atoms with E-state index < -0.39 is 0 Å². The molecule has 0 bridgehead atoms. The zero-order valence-corrected chi connectivity index (χ0v) is 12.9. The summed E-state index contributed by atoms with van der Waals surface area (Å²) in [5.41, 5.74) is 0.690. The molecule has 108 valence electrons. The molecule has 0 atom stereocenters. The maximum atomic E-state index is 9.21. The zero-order valence-electron chi connectivity index (χ0n) is 12.9. The Morgan fingerprint density at radius 3 is 2.26 bits per heavy atom. The minimum absolute atomic E-state index is 0.0860. The maximum Gasteiger partial charge on any atom is 0.0689 e. The van der Waals surface area contributed by atoms with Crippen LogP contribution in [0.4, 0.5) is 0 Å². The summed E-state index contributed by atoms with van der Waals surface area (Å²) in [5.74, 6) is 0. The van der Waals surface area contributed by atoms with E-state index in [1.54, 1.807) is 0 Å². The zero-order chi connectivity index (χ0) is 13.8. The fourth-order valence-corrected chi connectivity index (χ4v) is 3.49. The van der Waals surface area contributed by atoms with Crippen LogP contribution in [-0.2, 0) is 0 Å². The molecule has 0 unspecified atom stereocenters. The molecule has 0 aromatic carbocycles. The lowest BCUT2D eigenvalue weighted by Gasteiger charge is -2.39. The third-order valence-electron chi connectivity index (χ3n) is 5.84. The van der Waals surface area contributed by atoms with Crippen molar-refractivity contribution in [1.29, 1.82) is 5.26 Å². The van der Waals surface area contributed by atoms with Gasteiger partial charge in [-0.25, -0.2) is 0 Å². The molecule has 1 aliphatic heterocycles. The third-order valence-corrected chi connectivity index (χ3v) is 5.84. The van der Waals surface area contributed by atoms with Gasteiger partial charge in [-0.2, -0.15) is 5.26 Å². The van der Waals surface area contributed by atoms with E-state index in [2.05, 4.69) is 24.8 Å². The number of unbranched alkanes of at least 4 members (excludes halogenated alkanes) is 1. The van der Waals surface area contributed by atoms with Crippen LogP contribution >= 0.6 is 0 Å². The molecule has 0 N–H and O–H groups in total. The first-order valence-electron chi connectivity index (χ1n) is 8.25. The molecule has 1 saturated heterocycles. The lowest BCUT2D eigenvalue weighted by molar-refractivity contribution is 0.111. The summed E-state index contributed by atoms with van der Waals surface area (Å²) < 4.78 is 0. The molecule has 2 nitrogen and oxygen atoms in total. The predicted octanol–water partition coefficient (Wildman–Crippen LogP) is 4.36. The van der Waals surface area contributed by atoms with Crippen LogP contribution in [0.25, 0.3) is 0 Å². The van der Waals surface area contributed by atoms with E-state index in [-0.39, 0.29) is 5.41 Å². The number of hydrogen-bond donors (Lipinski definition) is 0. The van der Waals surface area contributed by atoms with Gasteiger partial charge in [-0.05, 0) is 63.6 Å². The number of likely N-dealkylation sites (tertiary alicyclic amines) is 1. The van der Waals surface area contributed by atoms with Gasteiger partial charge in [-0.3, -0.25) is 0 Å². The lowest BCUT2D eigenvalue weighted by Crippen LogP contribution is -2.39. The number of piperidine rings is 1. The molecule has 0 spiro atoms. The van der Waals surface area contributed by atoms with Gasteiger partial charge in [0.25, 0.3) is 0 Å². The van der Waals surface area contributed by atoms with Gasteiger partial charge in [0.1, 0.15) is 0 Å². The van der Waals surface area contributed by atoms with Gasteiger partial charge in [0.2, 0.25) is 0 Å². The Bertz CT molecular complexity index is 317. The smallest absolute Gasteiger partial charge is 0.0689 e. The standard InChI is InChI=1S/C17H30N2/c1-3-16(2)10-13-19(14-11-16)12-5-4-7-17(15-18)8-6-9-17/h3-14H2,1-2H3. The van der Waals surface area contributed by atoms with Crippen molar-refractivity contribution in [2.75, 3.05) is 19.6 Å². The molecule has 1 saturated carbocycles. The van der Waals surface area contributed by atoms with Crippen molar-refractivity contribution >= 4 is 0 Å². The summed E-state index contributed by atoms with van der Waals surface area (Å²) in [7, 11) is 0. The summed E-state index contributed by atoms with van der Waals surface area (Å²) in [5, 5.41) is 9.21. The van der Waals surface area contributed by atoms with E-state index in [4.69, 9.17) is 0 Å². The third kappa shape index (κ3) is 3.72. The average Bonchev–Trinajstić information content (AvgIpc) is 2.39. The van der Waals surface area contributed by atoms with E-state index in [0.29, 0.717) is 5.41 Å². The normalized spacial score (nSPS) is 25.5. The Hall–Kier alpha value is -0.550. The Labute approximate surface area is 119 Å². The lowest BCUT2D eigenvalue weighted by atomic mass is 9.67. The van der Waals surface area contributed by atoms with Gasteiger partial charge in [-0.1, -0.05) is 33.1 Å². The van der Waals surface area contributed by atoms with Crippen LogP contribution in [0.2, 0.25) is 0 Å². The second-order valence-electron chi connectivity index (χ2n) is 7.21. The molecular formula is C17H30N2. The van der Waals surface area contributed by atoms with Crippen LogP contribution in [0, 0.1) is 22.2 Å². The minimum atomic E-state index is 0.0860. The number of nitrogens with zero attached hydrogens (tertiary/aromatic N) is 2. The highest BCUT2D eigenvalue weighted by Crippen LogP contribution is 2.44. The number of hydrogen-bond acceptors (Lipinski definition) is 2. The van der Waals surface area contributed by atoms with Gasteiger partial charge in [0.15, 0.2) is 0 Å². The van der Waals surface area contributed by atoms with Gasteiger partial charge in [0.05, 0.1) is 11.5 Å². The molecule has 1 aliphatic carbocycles. The van der Waals surface area contributed by atoms with Gasteiger partial charge in [-0.15, -0.1) is 0 Å². The van der Waals surface area contributed by atoms with E-state index in [0.717, 1.165) is 19.3 Å². The highest BCUT2D eigenvalue weighted by molar-refractivity contribution is 5.04. The van der Waals surface area contributed by atoms with Crippen molar-refractivity contribution in [3.8, 4) is 6.07 Å². The second-order valence-corrected chi connectivity index (χ2v) is 7.21. The van der Waals surface area contributed by atoms with Crippen molar-refractivity contribution in [1.82, 2.24) is 4.90 Å². The van der Waals surface area contributed by atoms with Crippen molar-refractivity contribution in [2.24, 2.45) is 10.8 Å². The van der Waals surface area contributed by atoms with Crippen molar-refractivity contribution in [2.45, 2.75) is 71.6 Å². The topological polar surface area (TPSA) is 27.0 Å².